The van der Waals surface area contributed by atoms with Crippen LogP contribution in [0.2, 0.25) is 0 Å². The molecule has 1 aliphatic carbocycles. The van der Waals surface area contributed by atoms with Crippen LogP contribution in [0.3, 0.4) is 0 Å². The van der Waals surface area contributed by atoms with Crippen LogP contribution in [-0.2, 0) is 30.4 Å². The SMILES string of the molecule is Nc1ccc2c(c1)C(=O)/C(=N\Nc1ccc(N=Nc3ccc(N=Nc4ccccc4)c4ccc(S(=O)(=O)[O-])cc34)c3ccc(S(=O)(=O)[O-])cc13)C(S(=O)(=O)[O-])=C2.[Na+].[Na+].[Na+]. The first-order valence-electron chi connectivity index (χ1n) is 15.9. The number of ketones is 1. The fourth-order valence-electron chi connectivity index (χ4n) is 5.75. The Balaban J connectivity index is 0.00000256. The normalized spacial score (nSPS) is 13.8. The fraction of sp³-hybridized carbons (Fsp3) is 0. The van der Waals surface area contributed by atoms with Gasteiger partial charge in [-0.1, -0.05) is 36.4 Å². The number of nitrogen functional groups attached to an aromatic ring is 1. The summed E-state index contributed by atoms with van der Waals surface area (Å²) in [6.07, 6.45) is 0.973. The van der Waals surface area contributed by atoms with Crippen LogP contribution >= 0.6 is 0 Å². The van der Waals surface area contributed by atoms with Gasteiger partial charge < -0.3 is 19.4 Å². The van der Waals surface area contributed by atoms with Gasteiger partial charge in [0, 0.05) is 32.8 Å². The molecule has 6 aromatic rings. The molecule has 6 aromatic carbocycles. The van der Waals surface area contributed by atoms with E-state index < -0.39 is 56.5 Å². The largest absolute Gasteiger partial charge is 1.00 e. The van der Waals surface area contributed by atoms with Gasteiger partial charge in [0.1, 0.15) is 36.1 Å². The van der Waals surface area contributed by atoms with Gasteiger partial charge in [-0.15, -0.1) is 15.3 Å². The van der Waals surface area contributed by atoms with Crippen LogP contribution in [0.1, 0.15) is 15.9 Å². The fourth-order valence-corrected chi connectivity index (χ4v) is 7.39. The zero-order valence-corrected chi connectivity index (χ0v) is 39.5. The van der Waals surface area contributed by atoms with Crippen molar-refractivity contribution in [3.05, 3.63) is 125 Å². The number of allylic oxidation sites excluding steroid dienone is 1. The molecule has 1 aliphatic rings. The summed E-state index contributed by atoms with van der Waals surface area (Å²) in [5.74, 6) is -0.943. The van der Waals surface area contributed by atoms with Crippen LogP contribution in [-0.4, -0.2) is 50.4 Å². The Kier molecular flexibility index (Phi) is 15.5. The van der Waals surface area contributed by atoms with Crippen molar-refractivity contribution in [1.82, 2.24) is 0 Å². The van der Waals surface area contributed by atoms with E-state index in [0.717, 1.165) is 30.3 Å². The molecule has 0 aromatic heterocycles. The number of carbonyl (C=O) groups is 1. The van der Waals surface area contributed by atoms with Crippen molar-refractivity contribution in [3.63, 3.8) is 0 Å². The van der Waals surface area contributed by atoms with E-state index >= 15 is 0 Å². The molecule has 0 saturated carbocycles. The molecule has 0 bridgehead atoms. The summed E-state index contributed by atoms with van der Waals surface area (Å²) in [7, 11) is -15.1. The van der Waals surface area contributed by atoms with Crippen molar-refractivity contribution in [3.8, 4) is 0 Å². The van der Waals surface area contributed by atoms with Crippen molar-refractivity contribution in [2.75, 3.05) is 11.2 Å². The Bertz CT molecular complexity index is 3130. The summed E-state index contributed by atoms with van der Waals surface area (Å²) in [4.78, 5) is 11.2. The second kappa shape index (κ2) is 19.0. The summed E-state index contributed by atoms with van der Waals surface area (Å²) in [5.41, 5.74) is 8.80. The zero-order valence-electron chi connectivity index (χ0n) is 31.1. The van der Waals surface area contributed by atoms with E-state index in [-0.39, 0.29) is 139 Å². The molecule has 282 valence electrons. The third-order valence-corrected chi connectivity index (χ3v) is 10.9. The van der Waals surface area contributed by atoms with E-state index in [4.69, 9.17) is 5.73 Å². The molecular formula is C36H22N7Na3O10S3. The average molecular weight is 878 g/mol. The molecule has 7 rings (SSSR count). The van der Waals surface area contributed by atoms with Crippen molar-refractivity contribution < 1.29 is 132 Å². The van der Waals surface area contributed by atoms with Crippen LogP contribution in [0.5, 0.6) is 0 Å². The molecule has 0 spiro atoms. The van der Waals surface area contributed by atoms with E-state index in [0.29, 0.717) is 16.8 Å². The number of azo groups is 2. The van der Waals surface area contributed by atoms with Gasteiger partial charge in [0.05, 0.1) is 43.1 Å². The third kappa shape index (κ3) is 10.7. The van der Waals surface area contributed by atoms with Crippen molar-refractivity contribution in [2.45, 2.75) is 9.79 Å². The minimum Gasteiger partial charge on any atom is -0.744 e. The third-order valence-electron chi connectivity index (χ3n) is 8.39. The first kappa shape index (κ1) is 48.1. The number of anilines is 2. The maximum atomic E-state index is 13.4. The average Bonchev–Trinajstić information content (AvgIpc) is 3.15. The number of hydrazone groups is 1. The van der Waals surface area contributed by atoms with E-state index in [1.165, 1.54) is 48.5 Å². The number of hydrogen-bond acceptors (Lipinski definition) is 17. The van der Waals surface area contributed by atoms with Gasteiger partial charge in [0.15, 0.2) is 0 Å². The number of rotatable bonds is 9. The molecule has 3 N–H and O–H groups in total. The zero-order chi connectivity index (χ0) is 40.0. The quantitative estimate of drug-likeness (QED) is 0.0514. The number of Topliss-reactive ketones (excluding diaryl/α,β-unsaturated/α-hetero) is 1. The predicted molar refractivity (Wildman–Crippen MR) is 203 cm³/mol. The molecule has 0 amide bonds. The van der Waals surface area contributed by atoms with Gasteiger partial charge in [-0.25, -0.2) is 25.3 Å². The van der Waals surface area contributed by atoms with Crippen molar-refractivity contribution in [2.24, 2.45) is 25.6 Å². The summed E-state index contributed by atoms with van der Waals surface area (Å²) in [6.45, 7) is 0. The first-order valence-corrected chi connectivity index (χ1v) is 20.1. The number of hydrogen-bond donors (Lipinski definition) is 2. The van der Waals surface area contributed by atoms with E-state index in [1.807, 2.05) is 0 Å². The van der Waals surface area contributed by atoms with E-state index in [9.17, 15) is 43.7 Å². The predicted octanol–water partition coefficient (Wildman–Crippen LogP) is -2.22. The number of fused-ring (bicyclic) bond motifs is 3. The summed E-state index contributed by atoms with van der Waals surface area (Å²) in [6, 6.07) is 25.4. The minimum atomic E-state index is -5.24. The minimum absolute atomic E-state index is 0. The molecule has 0 unspecified atom stereocenters. The van der Waals surface area contributed by atoms with Crippen LogP contribution in [0, 0.1) is 0 Å². The summed E-state index contributed by atoms with van der Waals surface area (Å²) in [5, 5.41) is 21.7. The Morgan fingerprint density at radius 1 is 0.542 bits per heavy atom. The van der Waals surface area contributed by atoms with Crippen LogP contribution in [0.25, 0.3) is 27.6 Å². The molecule has 0 fully saturated rings. The Morgan fingerprint density at radius 3 is 1.64 bits per heavy atom. The Labute approximate surface area is 403 Å². The molecule has 0 heterocycles. The van der Waals surface area contributed by atoms with Crippen LogP contribution in [0.4, 0.5) is 34.1 Å². The molecular weight excluding hydrogens is 856 g/mol. The maximum absolute atomic E-state index is 13.4. The maximum Gasteiger partial charge on any atom is 1.00 e. The van der Waals surface area contributed by atoms with Crippen molar-refractivity contribution in [1.29, 1.82) is 0 Å². The number of nitrogens with zero attached hydrogens (tertiary/aromatic N) is 5. The van der Waals surface area contributed by atoms with Gasteiger partial charge >= 0.3 is 88.7 Å². The van der Waals surface area contributed by atoms with Gasteiger partial charge in [-0.05, 0) is 84.4 Å². The van der Waals surface area contributed by atoms with Crippen LogP contribution < -0.4 is 99.8 Å². The standard InChI is InChI=1S/C36H25N7O10S3.3Na/c37-21-7-6-20-16-34(56(51,52)53)35(36(44)27(20)17-21)43-42-33-15-13-31(26-11-9-24(19-29(26)33)55(48,49)50)40-41-32-14-12-30(39-38-22-4-2-1-3-5-22)25-10-8-23(18-28(25)32)54(45,46)47;;;/h1-19,42H,37H2,(H,45,46,47)(H,48,49,50)(H,51,52,53);;;/q;3*+1/p-3/b39-38?,41-40?,43-35-;;;. The Morgan fingerprint density at radius 2 is 1.07 bits per heavy atom. The smallest absolute Gasteiger partial charge is 0.744 e. The number of benzene rings is 6. The van der Waals surface area contributed by atoms with Crippen LogP contribution in [0.15, 0.2) is 149 Å². The molecule has 59 heavy (non-hydrogen) atoms. The molecule has 0 saturated heterocycles. The first-order chi connectivity index (χ1) is 26.5. The molecule has 0 atom stereocenters. The number of carbonyl (C=O) groups excluding carboxylic acids is 1. The summed E-state index contributed by atoms with van der Waals surface area (Å²) < 4.78 is 108. The van der Waals surface area contributed by atoms with Gasteiger partial charge in [0.25, 0.3) is 0 Å². The van der Waals surface area contributed by atoms with Gasteiger partial charge in [-0.2, -0.15) is 10.2 Å². The topological polar surface area (TPSA) is 289 Å². The van der Waals surface area contributed by atoms with E-state index in [2.05, 4.69) is 31.0 Å². The molecule has 0 radical (unpaired) electrons. The molecule has 23 heteroatoms. The summed E-state index contributed by atoms with van der Waals surface area (Å²) >= 11 is 0. The second-order valence-corrected chi connectivity index (χ2v) is 16.1. The van der Waals surface area contributed by atoms with Crippen molar-refractivity contribution >= 4 is 104 Å². The number of nitrogens with two attached hydrogens (primary N) is 1. The second-order valence-electron chi connectivity index (χ2n) is 12.0. The van der Waals surface area contributed by atoms with E-state index in [1.54, 1.807) is 36.4 Å². The number of nitrogens with one attached hydrogen (secondary N) is 1. The Hall–Kier alpha value is -3.55. The molecule has 17 nitrogen and oxygen atoms in total. The van der Waals surface area contributed by atoms with Gasteiger partial charge in [-0.3, -0.25) is 10.2 Å². The van der Waals surface area contributed by atoms with Gasteiger partial charge in [0.2, 0.25) is 5.78 Å². The molecule has 0 aliphatic heterocycles. The monoisotopic (exact) mass is 877 g/mol.